The summed E-state index contributed by atoms with van der Waals surface area (Å²) in [7, 11) is 0. The van der Waals surface area contributed by atoms with Crippen LogP contribution in [0, 0.1) is 0 Å². The average Bonchev–Trinajstić information content (AvgIpc) is 2.47. The predicted octanol–water partition coefficient (Wildman–Crippen LogP) is 3.43. The van der Waals surface area contributed by atoms with Gasteiger partial charge in [0.05, 0.1) is 0 Å². The van der Waals surface area contributed by atoms with Crippen molar-refractivity contribution in [1.29, 1.82) is 0 Å². The predicted molar refractivity (Wildman–Crippen MR) is 84.6 cm³/mol. The number of benzene rings is 1. The normalized spacial score (nSPS) is 10.2. The number of hydrogen-bond donors (Lipinski definition) is 2. The van der Waals surface area contributed by atoms with Gasteiger partial charge in [0.15, 0.2) is 0 Å². The van der Waals surface area contributed by atoms with Crippen LogP contribution in [0.15, 0.2) is 42.6 Å². The number of pyridine rings is 1. The molecular weight excluding hydrogens is 309 g/mol. The van der Waals surface area contributed by atoms with E-state index in [0.29, 0.717) is 29.6 Å². The molecule has 2 rings (SSSR count). The average molecular weight is 324 g/mol. The summed E-state index contributed by atoms with van der Waals surface area (Å²) < 4.78 is 0. The van der Waals surface area contributed by atoms with Gasteiger partial charge in [-0.25, -0.2) is 4.79 Å². The lowest BCUT2D eigenvalue weighted by Gasteiger charge is -2.09. The molecule has 2 N–H and O–H groups in total. The van der Waals surface area contributed by atoms with Crippen molar-refractivity contribution in [2.24, 2.45) is 0 Å². The van der Waals surface area contributed by atoms with Crippen molar-refractivity contribution in [3.05, 3.63) is 63.9 Å². The minimum Gasteiger partial charge on any atom is -0.338 e. The van der Waals surface area contributed by atoms with E-state index in [4.69, 9.17) is 23.2 Å². The van der Waals surface area contributed by atoms with Crippen LogP contribution >= 0.6 is 23.2 Å². The molecule has 0 radical (unpaired) electrons. The molecular formula is C15H15Cl2N3O. The number of halogens is 2. The van der Waals surface area contributed by atoms with Gasteiger partial charge in [0.25, 0.3) is 0 Å². The zero-order chi connectivity index (χ0) is 15.1. The molecule has 1 aromatic heterocycles. The largest absolute Gasteiger partial charge is 0.338 e. The molecule has 0 spiro atoms. The Morgan fingerprint density at radius 2 is 2.00 bits per heavy atom. The molecule has 4 nitrogen and oxygen atoms in total. The van der Waals surface area contributed by atoms with Crippen LogP contribution in [0.25, 0.3) is 0 Å². The van der Waals surface area contributed by atoms with Crippen molar-refractivity contribution >= 4 is 29.2 Å². The Hall–Kier alpha value is -1.78. The molecule has 21 heavy (non-hydrogen) atoms. The maximum Gasteiger partial charge on any atom is 0.315 e. The Kier molecular flexibility index (Phi) is 5.84. The number of hydrogen-bond acceptors (Lipinski definition) is 2. The third-order valence-electron chi connectivity index (χ3n) is 2.85. The molecule has 0 aliphatic carbocycles. The topological polar surface area (TPSA) is 54.0 Å². The first-order valence-electron chi connectivity index (χ1n) is 6.50. The summed E-state index contributed by atoms with van der Waals surface area (Å²) in [6, 6.07) is 10.6. The number of urea groups is 1. The van der Waals surface area contributed by atoms with Gasteiger partial charge in [0.2, 0.25) is 0 Å². The number of rotatable bonds is 5. The molecule has 1 heterocycles. The van der Waals surface area contributed by atoms with Crippen molar-refractivity contribution in [3.63, 3.8) is 0 Å². The van der Waals surface area contributed by atoms with Crippen LogP contribution in [-0.4, -0.2) is 17.6 Å². The molecule has 2 aromatic rings. The van der Waals surface area contributed by atoms with Crippen molar-refractivity contribution in [3.8, 4) is 0 Å². The first-order valence-corrected chi connectivity index (χ1v) is 7.26. The lowest BCUT2D eigenvalue weighted by atomic mass is 10.2. The molecule has 2 amide bonds. The summed E-state index contributed by atoms with van der Waals surface area (Å²) in [5, 5.41) is 6.63. The fourth-order valence-electron chi connectivity index (χ4n) is 1.75. The minimum atomic E-state index is -0.239. The van der Waals surface area contributed by atoms with Gasteiger partial charge in [-0.1, -0.05) is 35.3 Å². The monoisotopic (exact) mass is 323 g/mol. The number of nitrogens with zero attached hydrogens (tertiary/aromatic N) is 1. The highest BCUT2D eigenvalue weighted by Gasteiger charge is 2.04. The quantitative estimate of drug-likeness (QED) is 0.885. The second-order valence-corrected chi connectivity index (χ2v) is 5.26. The van der Waals surface area contributed by atoms with Crippen molar-refractivity contribution in [1.82, 2.24) is 15.6 Å². The van der Waals surface area contributed by atoms with Gasteiger partial charge < -0.3 is 10.6 Å². The standard InChI is InChI=1S/C15H15Cl2N3O/c16-12-5-4-11(14(17)9-12)10-20-15(21)19-8-6-13-3-1-2-7-18-13/h1-5,7,9H,6,8,10H2,(H2,19,20,21). The highest BCUT2D eigenvalue weighted by Crippen LogP contribution is 2.20. The summed E-state index contributed by atoms with van der Waals surface area (Å²) >= 11 is 11.8. The van der Waals surface area contributed by atoms with Gasteiger partial charge in [-0.05, 0) is 29.8 Å². The molecule has 0 saturated carbocycles. The van der Waals surface area contributed by atoms with Gasteiger partial charge >= 0.3 is 6.03 Å². The van der Waals surface area contributed by atoms with Gasteiger partial charge in [-0.3, -0.25) is 4.98 Å². The number of carbonyl (C=O) groups excluding carboxylic acids is 1. The van der Waals surface area contributed by atoms with E-state index in [0.717, 1.165) is 11.3 Å². The first kappa shape index (κ1) is 15.6. The highest BCUT2D eigenvalue weighted by molar-refractivity contribution is 6.35. The molecule has 0 saturated heterocycles. The molecule has 0 atom stereocenters. The van der Waals surface area contributed by atoms with Crippen LogP contribution in [0.1, 0.15) is 11.3 Å². The van der Waals surface area contributed by atoms with E-state index in [2.05, 4.69) is 15.6 Å². The van der Waals surface area contributed by atoms with E-state index in [1.165, 1.54) is 0 Å². The summed E-state index contributed by atoms with van der Waals surface area (Å²) in [6.45, 7) is 0.878. The van der Waals surface area contributed by atoms with Gasteiger partial charge in [0.1, 0.15) is 0 Å². The fourth-order valence-corrected chi connectivity index (χ4v) is 2.23. The van der Waals surface area contributed by atoms with E-state index in [-0.39, 0.29) is 6.03 Å². The summed E-state index contributed by atoms with van der Waals surface area (Å²) in [5.74, 6) is 0. The Bertz CT molecular complexity index is 605. The van der Waals surface area contributed by atoms with Gasteiger partial charge in [0, 0.05) is 41.4 Å². The second-order valence-electron chi connectivity index (χ2n) is 4.42. The maximum absolute atomic E-state index is 11.7. The van der Waals surface area contributed by atoms with Crippen LogP contribution in [0.2, 0.25) is 10.0 Å². The molecule has 1 aromatic carbocycles. The Morgan fingerprint density at radius 1 is 1.14 bits per heavy atom. The van der Waals surface area contributed by atoms with Crippen LogP contribution in [0.3, 0.4) is 0 Å². The second kappa shape index (κ2) is 7.86. The van der Waals surface area contributed by atoms with E-state index < -0.39 is 0 Å². The summed E-state index contributed by atoms with van der Waals surface area (Å²) in [6.07, 6.45) is 2.42. The summed E-state index contributed by atoms with van der Waals surface area (Å²) in [4.78, 5) is 15.9. The number of amides is 2. The minimum absolute atomic E-state index is 0.239. The smallest absolute Gasteiger partial charge is 0.315 e. The third-order valence-corrected chi connectivity index (χ3v) is 3.43. The third kappa shape index (κ3) is 5.25. The first-order chi connectivity index (χ1) is 10.1. The zero-order valence-corrected chi connectivity index (χ0v) is 12.8. The lowest BCUT2D eigenvalue weighted by molar-refractivity contribution is 0.240. The summed E-state index contributed by atoms with van der Waals surface area (Å²) in [5.41, 5.74) is 1.76. The molecule has 0 aliphatic heterocycles. The number of nitrogens with one attached hydrogen (secondary N) is 2. The van der Waals surface area contributed by atoms with Crippen LogP contribution in [0.4, 0.5) is 4.79 Å². The van der Waals surface area contributed by atoms with E-state index in [1.807, 2.05) is 18.2 Å². The number of aromatic nitrogens is 1. The van der Waals surface area contributed by atoms with Crippen molar-refractivity contribution < 1.29 is 4.79 Å². The van der Waals surface area contributed by atoms with Crippen LogP contribution in [-0.2, 0) is 13.0 Å². The Balaban J connectivity index is 1.72. The lowest BCUT2D eigenvalue weighted by Crippen LogP contribution is -2.36. The molecule has 0 aliphatic rings. The number of carbonyl (C=O) groups is 1. The Labute approximate surface area is 133 Å². The molecule has 0 bridgehead atoms. The maximum atomic E-state index is 11.7. The highest BCUT2D eigenvalue weighted by atomic mass is 35.5. The molecule has 0 fully saturated rings. The zero-order valence-electron chi connectivity index (χ0n) is 11.3. The van der Waals surface area contributed by atoms with Crippen LogP contribution < -0.4 is 10.6 Å². The van der Waals surface area contributed by atoms with Crippen molar-refractivity contribution in [2.45, 2.75) is 13.0 Å². The van der Waals surface area contributed by atoms with Gasteiger partial charge in [-0.2, -0.15) is 0 Å². The van der Waals surface area contributed by atoms with E-state index in [9.17, 15) is 4.79 Å². The fraction of sp³-hybridized carbons (Fsp3) is 0.200. The molecule has 110 valence electrons. The van der Waals surface area contributed by atoms with Crippen LogP contribution in [0.5, 0.6) is 0 Å². The Morgan fingerprint density at radius 3 is 2.71 bits per heavy atom. The SMILES string of the molecule is O=C(NCCc1ccccn1)NCc1ccc(Cl)cc1Cl. The van der Waals surface area contributed by atoms with E-state index in [1.54, 1.807) is 24.4 Å². The molecule has 6 heteroatoms. The van der Waals surface area contributed by atoms with E-state index >= 15 is 0 Å². The molecule has 0 unspecified atom stereocenters. The van der Waals surface area contributed by atoms with Crippen molar-refractivity contribution in [2.75, 3.05) is 6.54 Å². The van der Waals surface area contributed by atoms with Gasteiger partial charge in [-0.15, -0.1) is 0 Å².